The fourth-order valence-electron chi connectivity index (χ4n) is 6.55. The molecule has 0 bridgehead atoms. The first-order valence-corrected chi connectivity index (χ1v) is 16.4. The molecular formula is C50H33NO. The largest absolute Gasteiger partial charge is 0.455 e. The summed E-state index contributed by atoms with van der Waals surface area (Å²) in [5, 5.41) is 3.98. The van der Waals surface area contributed by atoms with Crippen LogP contribution in [0.4, 0.5) is 17.1 Å². The third-order valence-corrected chi connectivity index (χ3v) is 8.96. The maximum atomic E-state index is 9.67. The van der Waals surface area contributed by atoms with Gasteiger partial charge in [0.2, 0.25) is 0 Å². The van der Waals surface area contributed by atoms with Gasteiger partial charge in [-0.05, 0) is 91.9 Å². The summed E-state index contributed by atoms with van der Waals surface area (Å²) >= 11 is 0. The lowest BCUT2D eigenvalue weighted by Gasteiger charge is -2.26. The maximum Gasteiger partial charge on any atom is 0.143 e. The van der Waals surface area contributed by atoms with E-state index in [2.05, 4.69) is 0 Å². The van der Waals surface area contributed by atoms with Gasteiger partial charge in [0.15, 0.2) is 0 Å². The topological polar surface area (TPSA) is 16.4 Å². The minimum absolute atomic E-state index is 0.0192. The Morgan fingerprint density at radius 3 is 1.63 bits per heavy atom. The summed E-state index contributed by atoms with van der Waals surface area (Å²) in [6.07, 6.45) is 0. The smallest absolute Gasteiger partial charge is 0.143 e. The van der Waals surface area contributed by atoms with Crippen LogP contribution in [-0.4, -0.2) is 0 Å². The van der Waals surface area contributed by atoms with Crippen LogP contribution in [0.15, 0.2) is 204 Å². The fraction of sp³-hybridized carbons (Fsp3) is 0. The molecule has 0 aliphatic rings. The van der Waals surface area contributed by atoms with Crippen molar-refractivity contribution < 1.29 is 27.7 Å². The van der Waals surface area contributed by atoms with Gasteiger partial charge < -0.3 is 9.32 Å². The van der Waals surface area contributed by atoms with Gasteiger partial charge in [0.05, 0.1) is 34.4 Å². The molecule has 0 atom stereocenters. The van der Waals surface area contributed by atoms with Crippen LogP contribution in [0.1, 0.15) is 23.3 Å². The Bertz CT molecular complexity index is 3780. The SMILES string of the molecule is [2H]c1c([2H])c([2H])c(-c2c([2H])c([2H])c(-c3c([2H])c([2H])c(N(c4c([2H])c([2H])c(-c5cccc6ccccc56)c([2H])c4[2H])c4cccc5oc6c7ccccc7ccc6c45)c([2H])c3[2H])c([2H])c2[2H])c([2H])c1[2H]. The lowest BCUT2D eigenvalue weighted by Crippen LogP contribution is -2.10. The summed E-state index contributed by atoms with van der Waals surface area (Å²) in [6, 6.07) is 15.8. The molecule has 0 saturated heterocycles. The second-order valence-corrected chi connectivity index (χ2v) is 12.0. The highest BCUT2D eigenvalue weighted by molar-refractivity contribution is 6.19. The van der Waals surface area contributed by atoms with Gasteiger partial charge in [-0.25, -0.2) is 0 Å². The maximum absolute atomic E-state index is 9.67. The van der Waals surface area contributed by atoms with Gasteiger partial charge in [0.25, 0.3) is 0 Å². The van der Waals surface area contributed by atoms with Gasteiger partial charge in [-0.2, -0.15) is 0 Å². The molecule has 0 radical (unpaired) electrons. The van der Waals surface area contributed by atoms with Crippen molar-refractivity contribution in [3.63, 3.8) is 0 Å². The first-order valence-electron chi connectivity index (χ1n) is 24.9. The number of benzene rings is 9. The molecule has 1 heterocycles. The van der Waals surface area contributed by atoms with E-state index in [1.807, 2.05) is 48.5 Å². The summed E-state index contributed by atoms with van der Waals surface area (Å²) in [7, 11) is 0. The number of anilines is 3. The summed E-state index contributed by atoms with van der Waals surface area (Å²) in [6.45, 7) is 0. The van der Waals surface area contributed by atoms with Crippen LogP contribution in [0.2, 0.25) is 0 Å². The van der Waals surface area contributed by atoms with Gasteiger partial charge in [0.1, 0.15) is 11.2 Å². The van der Waals surface area contributed by atoms with E-state index in [0.717, 1.165) is 21.1 Å². The lowest BCUT2D eigenvalue weighted by atomic mass is 9.97. The van der Waals surface area contributed by atoms with E-state index >= 15 is 0 Å². The number of hydrogen-bond acceptors (Lipinski definition) is 2. The van der Waals surface area contributed by atoms with E-state index in [9.17, 15) is 11.0 Å². The third-order valence-electron chi connectivity index (χ3n) is 8.96. The van der Waals surface area contributed by atoms with Crippen LogP contribution in [0.5, 0.6) is 0 Å². The van der Waals surface area contributed by atoms with Gasteiger partial charge >= 0.3 is 0 Å². The predicted octanol–water partition coefficient (Wildman–Crippen LogP) is 14.4. The van der Waals surface area contributed by atoms with Crippen molar-refractivity contribution >= 4 is 60.5 Å². The van der Waals surface area contributed by atoms with E-state index in [-0.39, 0.29) is 11.3 Å². The van der Waals surface area contributed by atoms with Crippen molar-refractivity contribution in [2.24, 2.45) is 0 Å². The monoisotopic (exact) mass is 680 g/mol. The highest BCUT2D eigenvalue weighted by atomic mass is 16.3. The van der Waals surface area contributed by atoms with E-state index in [1.165, 1.54) is 0 Å². The molecule has 0 aliphatic carbocycles. The molecule has 0 spiro atoms. The number of fused-ring (bicyclic) bond motifs is 6. The standard InChI is InChI=1S/C50H33NO/c1-2-10-34(11-3-1)35-20-22-36(23-21-35)37-24-29-41(30-25-37)51(42-31-26-40(27-32-42)44-17-8-14-38-12-4-6-15-43(38)44)47-18-9-19-48-49(47)46-33-28-39-13-5-7-16-45(39)50(46)52-48/h1-33H/i1D,2D,3D,10D,11D,20D,21D,22D,23D,24D,25D,26D,27D,29D,30D,31D,32D. The Morgan fingerprint density at radius 1 is 0.404 bits per heavy atom. The molecule has 244 valence electrons. The van der Waals surface area contributed by atoms with Crippen LogP contribution < -0.4 is 4.90 Å². The third kappa shape index (κ3) is 5.12. The van der Waals surface area contributed by atoms with Crippen LogP contribution in [-0.2, 0) is 0 Å². The van der Waals surface area contributed by atoms with Crippen LogP contribution in [0, 0.1) is 0 Å². The number of furan rings is 1. The van der Waals surface area contributed by atoms with Crippen molar-refractivity contribution in [1.82, 2.24) is 0 Å². The van der Waals surface area contributed by atoms with Crippen LogP contribution in [0.3, 0.4) is 0 Å². The summed E-state index contributed by atoms with van der Waals surface area (Å²) in [5.74, 6) is 0. The van der Waals surface area contributed by atoms with E-state index in [0.29, 0.717) is 32.9 Å². The molecule has 0 amide bonds. The molecule has 10 aromatic rings. The summed E-state index contributed by atoms with van der Waals surface area (Å²) in [5.41, 5.74) is -2.27. The van der Waals surface area contributed by atoms with Gasteiger partial charge in [-0.1, -0.05) is 157 Å². The molecule has 0 N–H and O–H groups in total. The Hall–Kier alpha value is -6.90. The fourth-order valence-corrected chi connectivity index (χ4v) is 6.55. The Kier molecular flexibility index (Phi) is 4.16. The molecule has 10 rings (SSSR count). The average Bonchev–Trinajstić information content (AvgIpc) is 3.75. The van der Waals surface area contributed by atoms with Crippen molar-refractivity contribution in [2.75, 3.05) is 4.90 Å². The molecule has 9 aromatic carbocycles. The zero-order chi connectivity index (χ0) is 49.2. The predicted molar refractivity (Wildman–Crippen MR) is 220 cm³/mol. The second-order valence-electron chi connectivity index (χ2n) is 12.0. The molecular weight excluding hydrogens is 631 g/mol. The molecule has 2 nitrogen and oxygen atoms in total. The number of nitrogens with zero attached hydrogens (tertiary/aromatic N) is 1. The van der Waals surface area contributed by atoms with Crippen molar-refractivity contribution in [3.05, 3.63) is 200 Å². The molecule has 0 saturated carbocycles. The molecule has 1 aromatic heterocycles. The van der Waals surface area contributed by atoms with E-state index in [1.54, 1.807) is 48.5 Å². The Labute approximate surface area is 326 Å². The molecule has 0 aliphatic heterocycles. The number of rotatable bonds is 6. The Balaban J connectivity index is 1.28. The van der Waals surface area contributed by atoms with E-state index < -0.39 is 136 Å². The van der Waals surface area contributed by atoms with Gasteiger partial charge in [-0.3, -0.25) is 0 Å². The van der Waals surface area contributed by atoms with Crippen molar-refractivity contribution in [3.8, 4) is 33.4 Å². The van der Waals surface area contributed by atoms with Gasteiger partial charge in [-0.15, -0.1) is 0 Å². The first-order chi connectivity index (χ1) is 32.9. The Morgan fingerprint density at radius 2 is 0.942 bits per heavy atom. The average molecular weight is 681 g/mol. The zero-order valence-electron chi connectivity index (χ0n) is 44.1. The molecule has 0 fully saturated rings. The molecule has 52 heavy (non-hydrogen) atoms. The van der Waals surface area contributed by atoms with E-state index in [4.69, 9.17) is 16.8 Å². The molecule has 2 heteroatoms. The minimum Gasteiger partial charge on any atom is -0.455 e. The van der Waals surface area contributed by atoms with Crippen LogP contribution in [0.25, 0.3) is 76.9 Å². The first kappa shape index (κ1) is 17.4. The lowest BCUT2D eigenvalue weighted by molar-refractivity contribution is 0.672. The zero-order valence-corrected chi connectivity index (χ0v) is 27.1. The number of hydrogen-bond donors (Lipinski definition) is 0. The van der Waals surface area contributed by atoms with Crippen LogP contribution >= 0.6 is 0 Å². The quantitative estimate of drug-likeness (QED) is 0.174. The highest BCUT2D eigenvalue weighted by Crippen LogP contribution is 2.45. The minimum atomic E-state index is -0.881. The summed E-state index contributed by atoms with van der Waals surface area (Å²) in [4.78, 5) is 1.14. The van der Waals surface area contributed by atoms with Crippen molar-refractivity contribution in [1.29, 1.82) is 0 Å². The normalized spacial score (nSPS) is 16.0. The van der Waals surface area contributed by atoms with Crippen molar-refractivity contribution in [2.45, 2.75) is 0 Å². The van der Waals surface area contributed by atoms with Gasteiger partial charge in [0, 0.05) is 22.1 Å². The summed E-state index contributed by atoms with van der Waals surface area (Å²) < 4.78 is 161. The molecule has 0 unspecified atom stereocenters. The highest BCUT2D eigenvalue weighted by Gasteiger charge is 2.20. The second kappa shape index (κ2) is 12.5.